The molecule has 0 spiro atoms. The van der Waals surface area contributed by atoms with E-state index < -0.39 is 15.8 Å². The maximum absolute atomic E-state index is 12.4. The van der Waals surface area contributed by atoms with Gasteiger partial charge in [0.2, 0.25) is 10.0 Å². The molecule has 1 atom stereocenters. The zero-order chi connectivity index (χ0) is 18.2. The number of hydrogen-bond acceptors (Lipinski definition) is 4. The predicted octanol–water partition coefficient (Wildman–Crippen LogP) is 2.84. The van der Waals surface area contributed by atoms with Gasteiger partial charge in [0.15, 0.2) is 5.58 Å². The van der Waals surface area contributed by atoms with E-state index in [1.807, 2.05) is 37.3 Å². The Bertz CT molecular complexity index is 1050. The highest BCUT2D eigenvalue weighted by atomic mass is 32.2. The monoisotopic (exact) mass is 360 g/mol. The van der Waals surface area contributed by atoms with Crippen molar-refractivity contribution in [2.75, 3.05) is 14.1 Å². The molecule has 0 saturated carbocycles. The van der Waals surface area contributed by atoms with E-state index in [0.717, 1.165) is 9.87 Å². The van der Waals surface area contributed by atoms with Gasteiger partial charge in [0.1, 0.15) is 0 Å². The standard InChI is InChI=1S/C18H20N2O4S/c1-4-15(13-8-6-5-7-9-13)20-16-11-10-14(25(22,23)19(2)3)12-17(16)24-18(20)21/h5-12,15H,4H2,1-3H3. The molecule has 7 heteroatoms. The summed E-state index contributed by atoms with van der Waals surface area (Å²) in [5.41, 5.74) is 1.85. The predicted molar refractivity (Wildman–Crippen MR) is 96.2 cm³/mol. The smallest absolute Gasteiger partial charge is 0.408 e. The molecule has 3 aromatic rings. The molecule has 0 radical (unpaired) electrons. The summed E-state index contributed by atoms with van der Waals surface area (Å²) in [6.45, 7) is 1.99. The fourth-order valence-corrected chi connectivity index (χ4v) is 3.84. The SMILES string of the molecule is CCC(c1ccccc1)n1c(=O)oc2cc(S(=O)(=O)N(C)C)ccc21. The first kappa shape index (κ1) is 17.4. The minimum absolute atomic E-state index is 0.0960. The maximum Gasteiger partial charge on any atom is 0.420 e. The number of aromatic nitrogens is 1. The van der Waals surface area contributed by atoms with Crippen LogP contribution in [-0.2, 0) is 10.0 Å². The molecule has 0 amide bonds. The Kier molecular flexibility index (Phi) is 4.53. The van der Waals surface area contributed by atoms with Crippen molar-refractivity contribution in [2.45, 2.75) is 24.3 Å². The van der Waals surface area contributed by atoms with Crippen LogP contribution in [0.25, 0.3) is 11.1 Å². The lowest BCUT2D eigenvalue weighted by Gasteiger charge is -2.16. The summed E-state index contributed by atoms with van der Waals surface area (Å²) in [5, 5.41) is 0. The zero-order valence-corrected chi connectivity index (χ0v) is 15.2. The molecule has 2 aromatic carbocycles. The first-order valence-electron chi connectivity index (χ1n) is 7.98. The van der Waals surface area contributed by atoms with Crippen molar-refractivity contribution >= 4 is 21.1 Å². The van der Waals surface area contributed by atoms with E-state index in [4.69, 9.17) is 4.42 Å². The van der Waals surface area contributed by atoms with E-state index in [-0.39, 0.29) is 16.5 Å². The minimum atomic E-state index is -3.59. The number of oxazole rings is 1. The molecule has 6 nitrogen and oxygen atoms in total. The van der Waals surface area contributed by atoms with Crippen LogP contribution in [-0.4, -0.2) is 31.4 Å². The third-order valence-electron chi connectivity index (χ3n) is 4.25. The highest BCUT2D eigenvalue weighted by Crippen LogP contribution is 2.27. The molecule has 0 bridgehead atoms. The molecule has 1 aromatic heterocycles. The van der Waals surface area contributed by atoms with Gasteiger partial charge in [-0.2, -0.15) is 0 Å². The largest absolute Gasteiger partial charge is 0.420 e. The van der Waals surface area contributed by atoms with Gasteiger partial charge in [0.05, 0.1) is 16.5 Å². The van der Waals surface area contributed by atoms with Crippen LogP contribution in [0.5, 0.6) is 0 Å². The first-order chi connectivity index (χ1) is 11.9. The van der Waals surface area contributed by atoms with E-state index in [2.05, 4.69) is 0 Å². The number of sulfonamides is 1. The fraction of sp³-hybridized carbons (Fsp3) is 0.278. The summed E-state index contributed by atoms with van der Waals surface area (Å²) in [6.07, 6.45) is 0.705. The number of fused-ring (bicyclic) bond motifs is 1. The van der Waals surface area contributed by atoms with Gasteiger partial charge in [-0.25, -0.2) is 17.5 Å². The highest BCUT2D eigenvalue weighted by Gasteiger charge is 2.22. The van der Waals surface area contributed by atoms with Crippen LogP contribution < -0.4 is 5.76 Å². The topological polar surface area (TPSA) is 72.5 Å². The summed E-state index contributed by atoms with van der Waals surface area (Å²) in [4.78, 5) is 12.5. The Morgan fingerprint density at radius 1 is 1.12 bits per heavy atom. The molecule has 1 unspecified atom stereocenters. The van der Waals surface area contributed by atoms with Crippen LogP contribution in [0.15, 0.2) is 62.6 Å². The van der Waals surface area contributed by atoms with Gasteiger partial charge < -0.3 is 4.42 Å². The van der Waals surface area contributed by atoms with Crippen LogP contribution >= 0.6 is 0 Å². The molecule has 132 valence electrons. The van der Waals surface area contributed by atoms with Crippen molar-refractivity contribution in [3.8, 4) is 0 Å². The second kappa shape index (κ2) is 6.50. The Labute approximate surface area is 146 Å². The molecular formula is C18H20N2O4S. The van der Waals surface area contributed by atoms with Gasteiger partial charge in [-0.05, 0) is 24.1 Å². The van der Waals surface area contributed by atoms with E-state index >= 15 is 0 Å². The Balaban J connectivity index is 2.18. The lowest BCUT2D eigenvalue weighted by atomic mass is 10.0. The van der Waals surface area contributed by atoms with Crippen LogP contribution in [0, 0.1) is 0 Å². The van der Waals surface area contributed by atoms with Gasteiger partial charge >= 0.3 is 5.76 Å². The molecule has 0 aliphatic heterocycles. The van der Waals surface area contributed by atoms with E-state index in [0.29, 0.717) is 11.9 Å². The van der Waals surface area contributed by atoms with Crippen LogP contribution in [0.1, 0.15) is 24.9 Å². The summed E-state index contributed by atoms with van der Waals surface area (Å²) in [6, 6.07) is 14.1. The summed E-state index contributed by atoms with van der Waals surface area (Å²) < 4.78 is 32.6. The Morgan fingerprint density at radius 2 is 1.80 bits per heavy atom. The van der Waals surface area contributed by atoms with Gasteiger partial charge in [0.25, 0.3) is 0 Å². The summed E-state index contributed by atoms with van der Waals surface area (Å²) in [7, 11) is -0.664. The Morgan fingerprint density at radius 3 is 2.40 bits per heavy atom. The minimum Gasteiger partial charge on any atom is -0.408 e. The van der Waals surface area contributed by atoms with Gasteiger partial charge in [-0.15, -0.1) is 0 Å². The number of hydrogen-bond donors (Lipinski definition) is 0. The third-order valence-corrected chi connectivity index (χ3v) is 6.06. The van der Waals surface area contributed by atoms with Crippen LogP contribution in [0.2, 0.25) is 0 Å². The number of rotatable bonds is 5. The van der Waals surface area contributed by atoms with Crippen LogP contribution in [0.3, 0.4) is 0 Å². The second-order valence-electron chi connectivity index (χ2n) is 5.99. The molecule has 0 saturated heterocycles. The highest BCUT2D eigenvalue weighted by molar-refractivity contribution is 7.89. The Hall–Kier alpha value is -2.38. The normalized spacial score (nSPS) is 13.4. The third kappa shape index (κ3) is 3.01. The van der Waals surface area contributed by atoms with Crippen molar-refractivity contribution in [1.82, 2.24) is 8.87 Å². The van der Waals surface area contributed by atoms with Crippen molar-refractivity contribution in [1.29, 1.82) is 0 Å². The maximum atomic E-state index is 12.4. The van der Waals surface area contributed by atoms with E-state index in [1.54, 1.807) is 10.6 Å². The molecule has 0 fully saturated rings. The molecule has 3 rings (SSSR count). The summed E-state index contributed by atoms with van der Waals surface area (Å²) in [5.74, 6) is -0.495. The molecule has 0 N–H and O–H groups in total. The average molecular weight is 360 g/mol. The molecule has 0 aliphatic rings. The van der Waals surface area contributed by atoms with E-state index in [1.165, 1.54) is 26.2 Å². The van der Waals surface area contributed by atoms with E-state index in [9.17, 15) is 13.2 Å². The van der Waals surface area contributed by atoms with Crippen molar-refractivity contribution in [2.24, 2.45) is 0 Å². The molecule has 1 heterocycles. The quantitative estimate of drug-likeness (QED) is 0.701. The van der Waals surface area contributed by atoms with Crippen molar-refractivity contribution in [3.63, 3.8) is 0 Å². The van der Waals surface area contributed by atoms with Crippen molar-refractivity contribution in [3.05, 3.63) is 64.6 Å². The summed E-state index contributed by atoms with van der Waals surface area (Å²) >= 11 is 0. The lowest BCUT2D eigenvalue weighted by Crippen LogP contribution is -2.22. The molecule has 0 aliphatic carbocycles. The van der Waals surface area contributed by atoms with Gasteiger partial charge in [-0.3, -0.25) is 4.57 Å². The number of benzene rings is 2. The molecular weight excluding hydrogens is 340 g/mol. The fourth-order valence-electron chi connectivity index (χ4n) is 2.93. The van der Waals surface area contributed by atoms with Gasteiger partial charge in [0, 0.05) is 20.2 Å². The second-order valence-corrected chi connectivity index (χ2v) is 8.14. The average Bonchev–Trinajstić information content (AvgIpc) is 2.92. The van der Waals surface area contributed by atoms with Gasteiger partial charge in [-0.1, -0.05) is 37.3 Å². The lowest BCUT2D eigenvalue weighted by molar-refractivity contribution is 0.468. The molecule has 25 heavy (non-hydrogen) atoms. The number of nitrogens with zero attached hydrogens (tertiary/aromatic N) is 2. The van der Waals surface area contributed by atoms with Crippen molar-refractivity contribution < 1.29 is 12.8 Å². The zero-order valence-electron chi connectivity index (χ0n) is 14.3. The van der Waals surface area contributed by atoms with Crippen LogP contribution in [0.4, 0.5) is 0 Å². The first-order valence-corrected chi connectivity index (χ1v) is 9.43.